The van der Waals surface area contributed by atoms with E-state index in [9.17, 15) is 18.0 Å². The molecule has 4 rings (SSSR count). The van der Waals surface area contributed by atoms with Crippen molar-refractivity contribution < 1.29 is 22.4 Å². The number of nitrogens with one attached hydrogen (secondary N) is 2. The van der Waals surface area contributed by atoms with Gasteiger partial charge in [-0.25, -0.2) is 13.1 Å². The topological polar surface area (TPSA) is 109 Å². The average Bonchev–Trinajstić information content (AvgIpc) is 3.52. The van der Waals surface area contributed by atoms with Crippen LogP contribution in [0.2, 0.25) is 0 Å². The van der Waals surface area contributed by atoms with Crippen molar-refractivity contribution in [2.45, 2.75) is 30.3 Å². The first kappa shape index (κ1) is 22.3. The minimum absolute atomic E-state index is 0.0565. The van der Waals surface area contributed by atoms with Crippen LogP contribution in [0.25, 0.3) is 0 Å². The summed E-state index contributed by atoms with van der Waals surface area (Å²) in [7, 11) is -3.66. The Morgan fingerprint density at radius 1 is 1.06 bits per heavy atom. The molecule has 0 spiro atoms. The first-order valence-electron chi connectivity index (χ1n) is 10.2. The average molecular weight is 474 g/mol. The number of furan rings is 1. The molecule has 2 amide bonds. The second kappa shape index (κ2) is 9.68. The molecule has 168 valence electrons. The summed E-state index contributed by atoms with van der Waals surface area (Å²) in [4.78, 5) is 27.7. The molecule has 1 aliphatic rings. The van der Waals surface area contributed by atoms with Gasteiger partial charge in [-0.2, -0.15) is 0 Å². The molecule has 0 unspecified atom stereocenters. The molecule has 10 heteroatoms. The van der Waals surface area contributed by atoms with Crippen LogP contribution in [0.5, 0.6) is 0 Å². The maximum absolute atomic E-state index is 12.6. The molecule has 0 aliphatic carbocycles. The summed E-state index contributed by atoms with van der Waals surface area (Å²) < 4.78 is 32.6. The van der Waals surface area contributed by atoms with Gasteiger partial charge in [0, 0.05) is 36.1 Å². The lowest BCUT2D eigenvalue weighted by Gasteiger charge is -2.31. The fourth-order valence-electron chi connectivity index (χ4n) is 3.50. The number of hydrogen-bond acceptors (Lipinski definition) is 6. The number of nitrogens with zero attached hydrogens (tertiary/aromatic N) is 1. The Balaban J connectivity index is 1.29. The highest BCUT2D eigenvalue weighted by Gasteiger charge is 2.26. The van der Waals surface area contributed by atoms with Crippen molar-refractivity contribution in [2.24, 2.45) is 0 Å². The van der Waals surface area contributed by atoms with Crippen molar-refractivity contribution in [1.82, 2.24) is 14.9 Å². The Kier molecular flexibility index (Phi) is 6.73. The van der Waals surface area contributed by atoms with Crippen LogP contribution in [0.4, 0.5) is 0 Å². The van der Waals surface area contributed by atoms with Gasteiger partial charge in [-0.05, 0) is 60.7 Å². The molecule has 1 aromatic carbocycles. The standard InChI is InChI=1S/C22H23N3O5S2/c26-21(24-17-9-11-25(12-10-17)22(27)20-4-1-13-30-20)16-5-7-19(8-6-16)32(28,29)23-15-18-3-2-14-31-18/h1-8,13-14,17,23H,9-12,15H2,(H,24,26). The number of carbonyl (C=O) groups is 2. The minimum Gasteiger partial charge on any atom is -0.459 e. The Morgan fingerprint density at radius 2 is 1.81 bits per heavy atom. The van der Waals surface area contributed by atoms with Crippen molar-refractivity contribution in [3.05, 3.63) is 76.4 Å². The number of amides is 2. The second-order valence-electron chi connectivity index (χ2n) is 7.45. The zero-order chi connectivity index (χ0) is 22.6. The molecule has 32 heavy (non-hydrogen) atoms. The highest BCUT2D eigenvalue weighted by molar-refractivity contribution is 7.89. The normalized spacial score (nSPS) is 14.9. The van der Waals surface area contributed by atoms with Crippen molar-refractivity contribution in [2.75, 3.05) is 13.1 Å². The number of thiophene rings is 1. The molecular formula is C22H23N3O5S2. The molecule has 2 N–H and O–H groups in total. The number of hydrogen-bond donors (Lipinski definition) is 2. The number of rotatable bonds is 7. The Morgan fingerprint density at radius 3 is 2.44 bits per heavy atom. The molecular weight excluding hydrogens is 450 g/mol. The number of carbonyl (C=O) groups excluding carboxylic acids is 2. The molecule has 2 aromatic heterocycles. The zero-order valence-corrected chi connectivity index (χ0v) is 18.8. The molecule has 1 saturated heterocycles. The van der Waals surface area contributed by atoms with E-state index in [1.165, 1.54) is 41.9 Å². The lowest BCUT2D eigenvalue weighted by molar-refractivity contribution is 0.0667. The van der Waals surface area contributed by atoms with Crippen molar-refractivity contribution in [1.29, 1.82) is 0 Å². The van der Waals surface area contributed by atoms with E-state index >= 15 is 0 Å². The van der Waals surface area contributed by atoms with Gasteiger partial charge >= 0.3 is 0 Å². The molecule has 1 fully saturated rings. The number of piperidine rings is 1. The molecule has 1 aliphatic heterocycles. The van der Waals surface area contributed by atoms with Crippen molar-refractivity contribution in [3.8, 4) is 0 Å². The van der Waals surface area contributed by atoms with Gasteiger partial charge in [-0.15, -0.1) is 11.3 Å². The molecule has 3 heterocycles. The van der Waals surface area contributed by atoms with Crippen LogP contribution >= 0.6 is 11.3 Å². The second-order valence-corrected chi connectivity index (χ2v) is 10.2. The van der Waals surface area contributed by atoms with Gasteiger partial charge in [-0.1, -0.05) is 6.07 Å². The van der Waals surface area contributed by atoms with Gasteiger partial charge in [0.2, 0.25) is 10.0 Å². The molecule has 0 atom stereocenters. The molecule has 0 radical (unpaired) electrons. The zero-order valence-electron chi connectivity index (χ0n) is 17.2. The van der Waals surface area contributed by atoms with E-state index in [1.807, 2.05) is 17.5 Å². The van der Waals surface area contributed by atoms with Crippen molar-refractivity contribution >= 4 is 33.2 Å². The van der Waals surface area contributed by atoms with Gasteiger partial charge < -0.3 is 14.6 Å². The van der Waals surface area contributed by atoms with Gasteiger partial charge in [0.05, 0.1) is 11.2 Å². The van der Waals surface area contributed by atoms with E-state index < -0.39 is 10.0 Å². The minimum atomic E-state index is -3.66. The smallest absolute Gasteiger partial charge is 0.289 e. The maximum atomic E-state index is 12.6. The van der Waals surface area contributed by atoms with Gasteiger partial charge in [0.25, 0.3) is 11.8 Å². The lowest BCUT2D eigenvalue weighted by Crippen LogP contribution is -2.46. The van der Waals surface area contributed by atoms with E-state index in [0.717, 1.165) is 4.88 Å². The van der Waals surface area contributed by atoms with Gasteiger partial charge in [0.15, 0.2) is 5.76 Å². The first-order chi connectivity index (χ1) is 15.4. The van der Waals surface area contributed by atoms with Crippen LogP contribution in [0.3, 0.4) is 0 Å². The van der Waals surface area contributed by atoms with Crippen LogP contribution in [-0.2, 0) is 16.6 Å². The molecule has 0 saturated carbocycles. The number of sulfonamides is 1. The van der Waals surface area contributed by atoms with Crippen LogP contribution in [0.1, 0.15) is 38.6 Å². The number of likely N-dealkylation sites (tertiary alicyclic amines) is 1. The summed E-state index contributed by atoms with van der Waals surface area (Å²) >= 11 is 1.48. The quantitative estimate of drug-likeness (QED) is 0.549. The molecule has 8 nitrogen and oxygen atoms in total. The summed E-state index contributed by atoms with van der Waals surface area (Å²) in [6, 6.07) is 12.8. The Hall–Kier alpha value is -2.95. The van der Waals surface area contributed by atoms with E-state index in [4.69, 9.17) is 4.42 Å². The van der Waals surface area contributed by atoms with E-state index in [0.29, 0.717) is 37.3 Å². The Labute approximate surface area is 190 Å². The molecule has 3 aromatic rings. The van der Waals surface area contributed by atoms with E-state index in [-0.39, 0.29) is 29.3 Å². The third-order valence-corrected chi connectivity index (χ3v) is 7.59. The monoisotopic (exact) mass is 473 g/mol. The summed E-state index contributed by atoms with van der Waals surface area (Å²) in [6.07, 6.45) is 2.74. The third kappa shape index (κ3) is 5.26. The highest BCUT2D eigenvalue weighted by Crippen LogP contribution is 2.16. The fourth-order valence-corrected chi connectivity index (χ4v) is 5.24. The first-order valence-corrected chi connectivity index (χ1v) is 12.5. The van der Waals surface area contributed by atoms with E-state index in [1.54, 1.807) is 17.0 Å². The fraction of sp³-hybridized carbons (Fsp3) is 0.273. The number of benzene rings is 1. The summed E-state index contributed by atoms with van der Waals surface area (Å²) in [5, 5.41) is 4.85. The van der Waals surface area contributed by atoms with Crippen LogP contribution in [0.15, 0.2) is 69.5 Å². The highest BCUT2D eigenvalue weighted by atomic mass is 32.2. The maximum Gasteiger partial charge on any atom is 0.289 e. The van der Waals surface area contributed by atoms with Crippen LogP contribution in [0, 0.1) is 0 Å². The largest absolute Gasteiger partial charge is 0.459 e. The lowest BCUT2D eigenvalue weighted by atomic mass is 10.0. The predicted octanol–water partition coefficient (Wildman–Crippen LogP) is 2.85. The summed E-state index contributed by atoms with van der Waals surface area (Å²) in [6.45, 7) is 1.28. The van der Waals surface area contributed by atoms with E-state index in [2.05, 4.69) is 10.0 Å². The Bertz CT molecular complexity index is 1150. The predicted molar refractivity (Wildman–Crippen MR) is 120 cm³/mol. The van der Waals surface area contributed by atoms with Crippen LogP contribution in [-0.4, -0.2) is 44.3 Å². The third-order valence-electron chi connectivity index (χ3n) is 5.29. The van der Waals surface area contributed by atoms with Crippen LogP contribution < -0.4 is 10.0 Å². The van der Waals surface area contributed by atoms with Crippen molar-refractivity contribution in [3.63, 3.8) is 0 Å². The SMILES string of the molecule is O=C(NC1CCN(C(=O)c2ccco2)CC1)c1ccc(S(=O)(=O)NCc2cccs2)cc1. The summed E-state index contributed by atoms with van der Waals surface area (Å²) in [5.74, 6) is -0.104. The molecule has 0 bridgehead atoms. The van der Waals surface area contributed by atoms with Gasteiger partial charge in [-0.3, -0.25) is 9.59 Å². The summed E-state index contributed by atoms with van der Waals surface area (Å²) in [5.41, 5.74) is 0.385. The van der Waals surface area contributed by atoms with Gasteiger partial charge in [0.1, 0.15) is 0 Å².